The largest absolute Gasteiger partial charge is 0.493 e. The average molecular weight is 286 g/mol. The summed E-state index contributed by atoms with van der Waals surface area (Å²) in [7, 11) is 0. The van der Waals surface area contributed by atoms with Crippen LogP contribution in [0.4, 0.5) is 0 Å². The molecule has 4 heteroatoms. The third-order valence-electron chi connectivity index (χ3n) is 3.12. The van der Waals surface area contributed by atoms with Crippen molar-refractivity contribution in [2.24, 2.45) is 5.73 Å². The highest BCUT2D eigenvalue weighted by Gasteiger charge is 2.13. The van der Waals surface area contributed by atoms with E-state index in [0.717, 1.165) is 28.3 Å². The number of ether oxygens (including phenoxy) is 1. The molecule has 1 aromatic rings. The second-order valence-corrected chi connectivity index (χ2v) is 5.43. The minimum atomic E-state index is -0.501. The highest BCUT2D eigenvalue weighted by Crippen LogP contribution is 2.28. The number of nitrogens with two attached hydrogens (primary N) is 1. The molecule has 3 N–H and O–H groups in total. The van der Waals surface area contributed by atoms with Crippen molar-refractivity contribution in [3.05, 3.63) is 28.3 Å². The molecule has 0 aromatic heterocycles. The van der Waals surface area contributed by atoms with E-state index >= 15 is 0 Å². The van der Waals surface area contributed by atoms with Gasteiger partial charge in [0.1, 0.15) is 5.75 Å². The molecule has 2 unspecified atom stereocenters. The number of hydrogen-bond acceptors (Lipinski definition) is 3. The fourth-order valence-corrected chi connectivity index (χ4v) is 1.99. The van der Waals surface area contributed by atoms with E-state index < -0.39 is 6.10 Å². The summed E-state index contributed by atoms with van der Waals surface area (Å²) >= 11 is 6.15. The number of aliphatic hydroxyl groups excluding tert-OH is 1. The molecule has 1 rings (SSSR count). The number of halogens is 1. The first-order valence-electron chi connectivity index (χ1n) is 6.81. The third-order valence-corrected chi connectivity index (χ3v) is 3.53. The fourth-order valence-electron chi connectivity index (χ4n) is 1.80. The number of hydrogen-bond donors (Lipinski definition) is 2. The van der Waals surface area contributed by atoms with Gasteiger partial charge in [0.15, 0.2) is 0 Å². The first-order valence-corrected chi connectivity index (χ1v) is 7.19. The molecule has 0 bridgehead atoms. The molecule has 2 atom stereocenters. The van der Waals surface area contributed by atoms with Crippen molar-refractivity contribution < 1.29 is 9.84 Å². The van der Waals surface area contributed by atoms with Gasteiger partial charge in [-0.25, -0.2) is 0 Å². The van der Waals surface area contributed by atoms with Crippen LogP contribution in [-0.2, 0) is 6.42 Å². The van der Waals surface area contributed by atoms with Gasteiger partial charge < -0.3 is 15.6 Å². The Balaban J connectivity index is 2.81. The van der Waals surface area contributed by atoms with Crippen LogP contribution in [0.15, 0.2) is 12.1 Å². The van der Waals surface area contributed by atoms with Crippen LogP contribution in [0, 0.1) is 6.92 Å². The zero-order valence-electron chi connectivity index (χ0n) is 11.9. The zero-order chi connectivity index (χ0) is 14.4. The van der Waals surface area contributed by atoms with Crippen LogP contribution in [0.2, 0.25) is 5.02 Å². The minimum Gasteiger partial charge on any atom is -0.493 e. The summed E-state index contributed by atoms with van der Waals surface area (Å²) in [4.78, 5) is 0. The Morgan fingerprint density at radius 1 is 1.42 bits per heavy atom. The van der Waals surface area contributed by atoms with Crippen molar-refractivity contribution in [2.75, 3.05) is 6.61 Å². The Kier molecular flexibility index (Phi) is 6.63. The molecule has 0 aliphatic heterocycles. The van der Waals surface area contributed by atoms with Crippen molar-refractivity contribution in [2.45, 2.75) is 52.2 Å². The molecule has 0 amide bonds. The maximum absolute atomic E-state index is 9.78. The van der Waals surface area contributed by atoms with Gasteiger partial charge in [0.25, 0.3) is 0 Å². The summed E-state index contributed by atoms with van der Waals surface area (Å²) in [5, 5.41) is 10.5. The van der Waals surface area contributed by atoms with Gasteiger partial charge in [-0.1, -0.05) is 18.5 Å². The molecule has 0 heterocycles. The summed E-state index contributed by atoms with van der Waals surface area (Å²) < 4.78 is 5.74. The van der Waals surface area contributed by atoms with Gasteiger partial charge in [-0.05, 0) is 56.4 Å². The van der Waals surface area contributed by atoms with Crippen LogP contribution in [0.5, 0.6) is 5.75 Å². The normalized spacial score (nSPS) is 14.2. The first kappa shape index (κ1) is 16.3. The van der Waals surface area contributed by atoms with E-state index in [0.29, 0.717) is 19.4 Å². The second kappa shape index (κ2) is 7.73. The summed E-state index contributed by atoms with van der Waals surface area (Å²) in [6.45, 7) is 6.52. The van der Waals surface area contributed by atoms with E-state index in [9.17, 15) is 5.11 Å². The number of aryl methyl sites for hydroxylation is 2. The van der Waals surface area contributed by atoms with Crippen molar-refractivity contribution in [1.29, 1.82) is 0 Å². The lowest BCUT2D eigenvalue weighted by molar-refractivity contribution is 0.141. The molecule has 0 aliphatic carbocycles. The van der Waals surface area contributed by atoms with Gasteiger partial charge in [-0.15, -0.1) is 0 Å². The Hall–Kier alpha value is -0.770. The van der Waals surface area contributed by atoms with Crippen molar-refractivity contribution in [3.63, 3.8) is 0 Å². The van der Waals surface area contributed by atoms with Gasteiger partial charge in [-0.3, -0.25) is 0 Å². The highest BCUT2D eigenvalue weighted by atomic mass is 35.5. The molecule has 0 spiro atoms. The van der Waals surface area contributed by atoms with Gasteiger partial charge in [0.05, 0.1) is 12.7 Å². The maximum atomic E-state index is 9.78. The van der Waals surface area contributed by atoms with Gasteiger partial charge >= 0.3 is 0 Å². The van der Waals surface area contributed by atoms with Gasteiger partial charge in [0.2, 0.25) is 0 Å². The molecule has 0 fully saturated rings. The molecule has 0 saturated carbocycles. The zero-order valence-corrected chi connectivity index (χ0v) is 12.7. The topological polar surface area (TPSA) is 55.5 Å². The Morgan fingerprint density at radius 3 is 2.68 bits per heavy atom. The Bertz CT molecular complexity index is 407. The van der Waals surface area contributed by atoms with E-state index in [1.807, 2.05) is 19.1 Å². The smallest absolute Gasteiger partial charge is 0.122 e. The monoisotopic (exact) mass is 285 g/mol. The van der Waals surface area contributed by atoms with E-state index in [-0.39, 0.29) is 6.04 Å². The standard InChI is InChI=1S/C15H24ClNO2/c1-4-7-19-15-8-10(2)13(16)9-12(15)5-6-14(18)11(3)17/h8-9,11,14,18H,4-7,17H2,1-3H3. The lowest BCUT2D eigenvalue weighted by Gasteiger charge is -2.17. The highest BCUT2D eigenvalue weighted by molar-refractivity contribution is 6.31. The van der Waals surface area contributed by atoms with Crippen LogP contribution < -0.4 is 10.5 Å². The molecule has 19 heavy (non-hydrogen) atoms. The van der Waals surface area contributed by atoms with Crippen LogP contribution in [0.1, 0.15) is 37.8 Å². The van der Waals surface area contributed by atoms with E-state index in [1.165, 1.54) is 0 Å². The van der Waals surface area contributed by atoms with Crippen LogP contribution in [0.25, 0.3) is 0 Å². The van der Waals surface area contributed by atoms with Crippen molar-refractivity contribution >= 4 is 11.6 Å². The van der Waals surface area contributed by atoms with Crippen LogP contribution >= 0.6 is 11.6 Å². The van der Waals surface area contributed by atoms with E-state index in [2.05, 4.69) is 6.92 Å². The number of benzene rings is 1. The molecular weight excluding hydrogens is 262 g/mol. The molecule has 1 aromatic carbocycles. The first-order chi connectivity index (χ1) is 8.95. The summed E-state index contributed by atoms with van der Waals surface area (Å²) in [5.41, 5.74) is 7.70. The lowest BCUT2D eigenvalue weighted by Crippen LogP contribution is -2.31. The van der Waals surface area contributed by atoms with Crippen molar-refractivity contribution in [1.82, 2.24) is 0 Å². The Labute approximate surface area is 120 Å². The lowest BCUT2D eigenvalue weighted by atomic mass is 10.0. The molecular formula is C15H24ClNO2. The molecule has 108 valence electrons. The minimum absolute atomic E-state index is 0.221. The van der Waals surface area contributed by atoms with E-state index in [4.69, 9.17) is 22.1 Å². The molecule has 0 aliphatic rings. The number of aliphatic hydroxyl groups is 1. The second-order valence-electron chi connectivity index (χ2n) is 5.02. The quantitative estimate of drug-likeness (QED) is 0.809. The maximum Gasteiger partial charge on any atom is 0.122 e. The van der Waals surface area contributed by atoms with E-state index in [1.54, 1.807) is 6.92 Å². The molecule has 0 radical (unpaired) electrons. The van der Waals surface area contributed by atoms with Crippen LogP contribution in [-0.4, -0.2) is 23.9 Å². The third kappa shape index (κ3) is 5.01. The fraction of sp³-hybridized carbons (Fsp3) is 0.600. The van der Waals surface area contributed by atoms with Crippen molar-refractivity contribution in [3.8, 4) is 5.75 Å². The average Bonchev–Trinajstić information content (AvgIpc) is 2.37. The molecule has 0 saturated heterocycles. The predicted octanol–water partition coefficient (Wildman–Crippen LogP) is 3.08. The SMILES string of the molecule is CCCOc1cc(C)c(Cl)cc1CCC(O)C(C)N. The summed E-state index contributed by atoms with van der Waals surface area (Å²) in [6.07, 6.45) is 1.78. The summed E-state index contributed by atoms with van der Waals surface area (Å²) in [6, 6.07) is 3.67. The van der Waals surface area contributed by atoms with Gasteiger partial charge in [0, 0.05) is 11.1 Å². The summed E-state index contributed by atoms with van der Waals surface area (Å²) in [5.74, 6) is 0.862. The van der Waals surface area contributed by atoms with Crippen LogP contribution in [0.3, 0.4) is 0 Å². The van der Waals surface area contributed by atoms with Gasteiger partial charge in [-0.2, -0.15) is 0 Å². The number of rotatable bonds is 7. The molecule has 3 nitrogen and oxygen atoms in total. The predicted molar refractivity (Wildman–Crippen MR) is 80.0 cm³/mol. The Morgan fingerprint density at radius 2 is 2.11 bits per heavy atom.